The molecule has 1 atom stereocenters. The molecule has 1 unspecified atom stereocenters. The largest absolute Gasteiger partial charge is 0.0654 e. The van der Waals surface area contributed by atoms with Crippen LogP contribution in [-0.2, 0) is 0 Å². The molecule has 0 aromatic rings. The van der Waals surface area contributed by atoms with Crippen molar-refractivity contribution in [3.05, 3.63) is 0 Å². The number of unbranched alkanes of at least 4 members (excludes halogenated alkanes) is 4. The van der Waals surface area contributed by atoms with Crippen LogP contribution in [0.3, 0.4) is 0 Å². The lowest BCUT2D eigenvalue weighted by atomic mass is 9.76. The molecule has 0 aromatic carbocycles. The second-order valence-corrected chi connectivity index (χ2v) is 6.03. The minimum atomic E-state index is 0.600. The normalized spacial score (nSPS) is 14.1. The molecule has 0 saturated carbocycles. The van der Waals surface area contributed by atoms with Crippen LogP contribution < -0.4 is 0 Å². The van der Waals surface area contributed by atoms with Crippen molar-refractivity contribution in [2.75, 3.05) is 0 Å². The van der Waals surface area contributed by atoms with Gasteiger partial charge in [-0.15, -0.1) is 0 Å². The van der Waals surface area contributed by atoms with Crippen molar-refractivity contribution in [1.82, 2.24) is 0 Å². The van der Waals surface area contributed by atoms with Crippen molar-refractivity contribution in [1.29, 1.82) is 0 Å². The van der Waals surface area contributed by atoms with Crippen molar-refractivity contribution in [2.24, 2.45) is 11.3 Å². The number of rotatable bonds is 10. The van der Waals surface area contributed by atoms with Gasteiger partial charge in [-0.2, -0.15) is 0 Å². The molecule has 0 fully saturated rings. The van der Waals surface area contributed by atoms with Gasteiger partial charge in [0.05, 0.1) is 0 Å². The van der Waals surface area contributed by atoms with E-state index in [1.165, 1.54) is 57.8 Å². The minimum absolute atomic E-state index is 0.600. The van der Waals surface area contributed by atoms with Crippen LogP contribution in [0.15, 0.2) is 0 Å². The van der Waals surface area contributed by atoms with Gasteiger partial charge >= 0.3 is 0 Å². The first kappa shape index (κ1) is 16.0. The first-order valence-electron chi connectivity index (χ1n) is 7.58. The highest BCUT2D eigenvalue weighted by Crippen LogP contribution is 2.34. The molecule has 16 heavy (non-hydrogen) atoms. The van der Waals surface area contributed by atoms with Gasteiger partial charge in [0, 0.05) is 0 Å². The van der Waals surface area contributed by atoms with Crippen LogP contribution in [0.1, 0.15) is 92.4 Å². The van der Waals surface area contributed by atoms with E-state index in [0.717, 1.165) is 5.92 Å². The van der Waals surface area contributed by atoms with E-state index in [2.05, 4.69) is 34.6 Å². The third-order valence-electron chi connectivity index (χ3n) is 4.35. The van der Waals surface area contributed by atoms with Crippen molar-refractivity contribution < 1.29 is 0 Å². The summed E-state index contributed by atoms with van der Waals surface area (Å²) in [6, 6.07) is 0. The Morgan fingerprint density at radius 2 is 1.44 bits per heavy atom. The second-order valence-electron chi connectivity index (χ2n) is 6.03. The van der Waals surface area contributed by atoms with Crippen molar-refractivity contribution >= 4 is 0 Å². The summed E-state index contributed by atoms with van der Waals surface area (Å²) in [7, 11) is 0. The van der Waals surface area contributed by atoms with Gasteiger partial charge in [-0.05, 0) is 17.8 Å². The van der Waals surface area contributed by atoms with E-state index in [0.29, 0.717) is 5.41 Å². The molecule has 0 aliphatic rings. The Hall–Kier alpha value is 0. The molecule has 0 radical (unpaired) electrons. The molecule has 0 saturated heterocycles. The first-order valence-corrected chi connectivity index (χ1v) is 7.58. The maximum atomic E-state index is 2.46. The van der Waals surface area contributed by atoms with E-state index in [9.17, 15) is 0 Å². The zero-order chi connectivity index (χ0) is 12.4. The minimum Gasteiger partial charge on any atom is -0.0654 e. The van der Waals surface area contributed by atoms with E-state index >= 15 is 0 Å². The molecule has 98 valence electrons. The van der Waals surface area contributed by atoms with Crippen molar-refractivity contribution in [3.8, 4) is 0 Å². The lowest BCUT2D eigenvalue weighted by Gasteiger charge is -2.30. The fourth-order valence-corrected chi connectivity index (χ4v) is 2.58. The molecular formula is C16H34. The highest BCUT2D eigenvalue weighted by Gasteiger charge is 2.22. The first-order chi connectivity index (χ1) is 7.58. The van der Waals surface area contributed by atoms with Crippen LogP contribution in [0.2, 0.25) is 0 Å². The molecular weight excluding hydrogens is 192 g/mol. The topological polar surface area (TPSA) is 0 Å². The van der Waals surface area contributed by atoms with Gasteiger partial charge in [0.1, 0.15) is 0 Å². The summed E-state index contributed by atoms with van der Waals surface area (Å²) in [5, 5.41) is 0. The van der Waals surface area contributed by atoms with Crippen LogP contribution in [0.25, 0.3) is 0 Å². The predicted molar refractivity (Wildman–Crippen MR) is 75.8 cm³/mol. The molecule has 0 amide bonds. The van der Waals surface area contributed by atoms with E-state index in [1.54, 1.807) is 0 Å². The van der Waals surface area contributed by atoms with E-state index in [1.807, 2.05) is 0 Å². The maximum Gasteiger partial charge on any atom is -0.0329 e. The Bertz CT molecular complexity index is 144. The third kappa shape index (κ3) is 7.30. The second kappa shape index (κ2) is 9.07. The van der Waals surface area contributed by atoms with Gasteiger partial charge in [0.25, 0.3) is 0 Å². The quantitative estimate of drug-likeness (QED) is 0.389. The van der Waals surface area contributed by atoms with E-state index in [4.69, 9.17) is 0 Å². The zero-order valence-corrected chi connectivity index (χ0v) is 12.4. The molecule has 0 nitrogen and oxygen atoms in total. The van der Waals surface area contributed by atoms with Gasteiger partial charge in [0.2, 0.25) is 0 Å². The van der Waals surface area contributed by atoms with Crippen LogP contribution in [0.4, 0.5) is 0 Å². The lowest BCUT2D eigenvalue weighted by Crippen LogP contribution is -2.17. The fourth-order valence-electron chi connectivity index (χ4n) is 2.58. The molecule has 0 N–H and O–H groups in total. The Balaban J connectivity index is 3.61. The molecule has 0 aliphatic carbocycles. The van der Waals surface area contributed by atoms with Gasteiger partial charge in [-0.25, -0.2) is 0 Å². The van der Waals surface area contributed by atoms with Crippen LogP contribution in [0, 0.1) is 11.3 Å². The standard InChI is InChI=1S/C16H34/c1-6-9-10-11-12-13-15(4)14-16(5,7-2)8-3/h15H,6-14H2,1-5H3. The summed E-state index contributed by atoms with van der Waals surface area (Å²) in [6.07, 6.45) is 12.7. The van der Waals surface area contributed by atoms with Gasteiger partial charge < -0.3 is 0 Å². The molecule has 0 bridgehead atoms. The maximum absolute atomic E-state index is 2.46. The van der Waals surface area contributed by atoms with Gasteiger partial charge in [-0.1, -0.05) is 86.0 Å². The van der Waals surface area contributed by atoms with Crippen LogP contribution in [0.5, 0.6) is 0 Å². The summed E-state index contributed by atoms with van der Waals surface area (Å²) in [4.78, 5) is 0. The molecule has 0 spiro atoms. The van der Waals surface area contributed by atoms with Gasteiger partial charge in [0.15, 0.2) is 0 Å². The number of hydrogen-bond donors (Lipinski definition) is 0. The van der Waals surface area contributed by atoms with E-state index < -0.39 is 0 Å². The molecule has 0 heterocycles. The Morgan fingerprint density at radius 3 is 1.94 bits per heavy atom. The lowest BCUT2D eigenvalue weighted by molar-refractivity contribution is 0.220. The Morgan fingerprint density at radius 1 is 0.875 bits per heavy atom. The van der Waals surface area contributed by atoms with Crippen LogP contribution in [-0.4, -0.2) is 0 Å². The third-order valence-corrected chi connectivity index (χ3v) is 4.35. The highest BCUT2D eigenvalue weighted by atomic mass is 14.3. The van der Waals surface area contributed by atoms with Gasteiger partial charge in [-0.3, -0.25) is 0 Å². The Kier molecular flexibility index (Phi) is 9.07. The van der Waals surface area contributed by atoms with Crippen molar-refractivity contribution in [3.63, 3.8) is 0 Å². The monoisotopic (exact) mass is 226 g/mol. The Labute approximate surface area is 104 Å². The predicted octanol–water partition coefficient (Wildman–Crippen LogP) is 6.20. The molecule has 0 heteroatoms. The number of hydrogen-bond acceptors (Lipinski definition) is 0. The summed E-state index contributed by atoms with van der Waals surface area (Å²) in [6.45, 7) is 11.9. The summed E-state index contributed by atoms with van der Waals surface area (Å²) in [5.41, 5.74) is 0.600. The van der Waals surface area contributed by atoms with Crippen molar-refractivity contribution in [2.45, 2.75) is 92.4 Å². The fraction of sp³-hybridized carbons (Fsp3) is 1.00. The SMILES string of the molecule is CCCCCCCC(C)CC(C)(CC)CC. The molecule has 0 aliphatic heterocycles. The molecule has 0 aromatic heterocycles. The molecule has 0 rings (SSSR count). The summed E-state index contributed by atoms with van der Waals surface area (Å²) in [5.74, 6) is 0.923. The average molecular weight is 226 g/mol. The highest BCUT2D eigenvalue weighted by molar-refractivity contribution is 4.73. The summed E-state index contributed by atoms with van der Waals surface area (Å²) < 4.78 is 0. The average Bonchev–Trinajstić information content (AvgIpc) is 2.28. The zero-order valence-electron chi connectivity index (χ0n) is 12.4. The van der Waals surface area contributed by atoms with Crippen LogP contribution >= 0.6 is 0 Å². The smallest absolute Gasteiger partial charge is 0.0329 e. The van der Waals surface area contributed by atoms with E-state index in [-0.39, 0.29) is 0 Å². The summed E-state index contributed by atoms with van der Waals surface area (Å²) >= 11 is 0.